The first-order chi connectivity index (χ1) is 9.72. The van der Waals surface area contributed by atoms with Crippen LogP contribution in [-0.4, -0.2) is 66.7 Å². The third kappa shape index (κ3) is 3.22. The fraction of sp³-hybridized carbons (Fsp3) is 0.727. The van der Waals surface area contributed by atoms with Crippen LogP contribution in [0.3, 0.4) is 0 Å². The molecule has 2 amide bonds. The van der Waals surface area contributed by atoms with Gasteiger partial charge in [-0.05, 0) is 12.8 Å². The summed E-state index contributed by atoms with van der Waals surface area (Å²) in [6.45, 7) is 0.161. The van der Waals surface area contributed by atoms with E-state index in [-0.39, 0.29) is 32.4 Å². The van der Waals surface area contributed by atoms with Crippen LogP contribution in [0.25, 0.3) is 0 Å². The first-order valence-corrected chi connectivity index (χ1v) is 7.97. The van der Waals surface area contributed by atoms with Crippen LogP contribution >= 0.6 is 0 Å². The van der Waals surface area contributed by atoms with Gasteiger partial charge in [0.25, 0.3) is 10.2 Å². The van der Waals surface area contributed by atoms with Crippen molar-refractivity contribution in [3.8, 4) is 0 Å². The molecule has 1 unspecified atom stereocenters. The van der Waals surface area contributed by atoms with Crippen molar-refractivity contribution in [1.82, 2.24) is 13.9 Å². The van der Waals surface area contributed by atoms with Gasteiger partial charge in [0.1, 0.15) is 6.04 Å². The summed E-state index contributed by atoms with van der Waals surface area (Å²) in [5.41, 5.74) is 0. The van der Waals surface area contributed by atoms with Crippen LogP contribution < -0.4 is 4.72 Å². The Balaban J connectivity index is 1.99. The van der Waals surface area contributed by atoms with Gasteiger partial charge in [-0.15, -0.1) is 0 Å². The molecule has 2 aliphatic rings. The van der Waals surface area contributed by atoms with Gasteiger partial charge in [0.2, 0.25) is 11.8 Å². The fourth-order valence-corrected chi connectivity index (χ4v) is 3.83. The summed E-state index contributed by atoms with van der Waals surface area (Å²) in [7, 11) is -2.60. The lowest BCUT2D eigenvalue weighted by Crippen LogP contribution is -2.50. The Kier molecular flexibility index (Phi) is 4.30. The maximum atomic E-state index is 12.2. The predicted octanol–water partition coefficient (Wildman–Crippen LogP) is -1.63. The lowest BCUT2D eigenvalue weighted by atomic mass is 9.99. The maximum Gasteiger partial charge on any atom is 0.306 e. The van der Waals surface area contributed by atoms with E-state index in [9.17, 15) is 22.8 Å². The maximum absolute atomic E-state index is 12.2. The van der Waals surface area contributed by atoms with Crippen LogP contribution in [0.2, 0.25) is 0 Å². The number of amides is 2. The number of carboxylic acid groups (broad SMARTS) is 1. The van der Waals surface area contributed by atoms with E-state index < -0.39 is 40.0 Å². The lowest BCUT2D eigenvalue weighted by Gasteiger charge is -2.29. The highest BCUT2D eigenvalue weighted by atomic mass is 32.2. The van der Waals surface area contributed by atoms with Crippen LogP contribution in [0.15, 0.2) is 0 Å². The number of piperidine rings is 1. The van der Waals surface area contributed by atoms with Crippen LogP contribution in [0.1, 0.15) is 19.3 Å². The number of hydrogen-bond acceptors (Lipinski definition) is 5. The van der Waals surface area contributed by atoms with Gasteiger partial charge in [0.05, 0.1) is 12.3 Å². The Labute approximate surface area is 122 Å². The van der Waals surface area contributed by atoms with E-state index in [4.69, 9.17) is 5.11 Å². The molecule has 2 N–H and O–H groups in total. The third-order valence-corrected chi connectivity index (χ3v) is 5.44. The van der Waals surface area contributed by atoms with Crippen molar-refractivity contribution in [2.75, 3.05) is 20.1 Å². The van der Waals surface area contributed by atoms with Crippen LogP contribution in [-0.2, 0) is 24.6 Å². The van der Waals surface area contributed by atoms with Crippen LogP contribution in [0, 0.1) is 5.92 Å². The van der Waals surface area contributed by atoms with Crippen LogP contribution in [0.4, 0.5) is 0 Å². The highest BCUT2D eigenvalue weighted by Crippen LogP contribution is 2.20. The zero-order chi connectivity index (χ0) is 15.8. The van der Waals surface area contributed by atoms with E-state index in [2.05, 4.69) is 4.72 Å². The molecule has 2 aliphatic heterocycles. The Morgan fingerprint density at radius 1 is 1.29 bits per heavy atom. The highest BCUT2D eigenvalue weighted by molar-refractivity contribution is 7.87. The van der Waals surface area contributed by atoms with Gasteiger partial charge in [-0.1, -0.05) is 0 Å². The summed E-state index contributed by atoms with van der Waals surface area (Å²) < 4.78 is 27.7. The zero-order valence-electron chi connectivity index (χ0n) is 11.5. The number of likely N-dealkylation sites (N-methyl/N-ethyl adjacent to an activating group) is 1. The minimum atomic E-state index is -3.90. The molecule has 0 bridgehead atoms. The predicted molar refractivity (Wildman–Crippen MR) is 70.2 cm³/mol. The largest absolute Gasteiger partial charge is 0.481 e. The number of aliphatic carboxylic acids is 1. The monoisotopic (exact) mass is 319 g/mol. The molecule has 10 heteroatoms. The second-order valence-electron chi connectivity index (χ2n) is 5.18. The van der Waals surface area contributed by atoms with Crippen molar-refractivity contribution in [3.63, 3.8) is 0 Å². The number of imide groups is 1. The average molecular weight is 319 g/mol. The van der Waals surface area contributed by atoms with E-state index in [0.29, 0.717) is 0 Å². The summed E-state index contributed by atoms with van der Waals surface area (Å²) in [4.78, 5) is 34.8. The topological polar surface area (TPSA) is 124 Å². The minimum Gasteiger partial charge on any atom is -0.481 e. The van der Waals surface area contributed by atoms with E-state index in [1.807, 2.05) is 0 Å². The number of likely N-dealkylation sites (tertiary alicyclic amines) is 1. The van der Waals surface area contributed by atoms with Gasteiger partial charge in [-0.25, -0.2) is 0 Å². The molecule has 1 atom stereocenters. The Morgan fingerprint density at radius 3 is 2.29 bits per heavy atom. The van der Waals surface area contributed by atoms with Gasteiger partial charge in [-0.3, -0.25) is 19.3 Å². The molecule has 0 saturated carbocycles. The second-order valence-corrected chi connectivity index (χ2v) is 6.88. The molecule has 0 aromatic heterocycles. The SMILES string of the molecule is CN1C(=O)CC(NS(=O)(=O)N2CCC(C(=O)O)CC2)C1=O. The van der Waals surface area contributed by atoms with E-state index in [0.717, 1.165) is 9.21 Å². The molecule has 0 spiro atoms. The zero-order valence-corrected chi connectivity index (χ0v) is 12.3. The Bertz CT molecular complexity index is 567. The van der Waals surface area contributed by atoms with Gasteiger partial charge in [0, 0.05) is 20.1 Å². The summed E-state index contributed by atoms with van der Waals surface area (Å²) in [5.74, 6) is -2.49. The summed E-state index contributed by atoms with van der Waals surface area (Å²) in [5, 5.41) is 8.88. The van der Waals surface area contributed by atoms with Crippen LogP contribution in [0.5, 0.6) is 0 Å². The standard InChI is InChI=1S/C11H17N3O6S/c1-13-9(15)6-8(10(13)16)12-21(19,20)14-4-2-7(3-5-14)11(17)18/h7-8,12H,2-6H2,1H3,(H,17,18). The Hall–Kier alpha value is -1.52. The number of carboxylic acids is 1. The highest BCUT2D eigenvalue weighted by Gasteiger charge is 2.40. The van der Waals surface area contributed by atoms with E-state index in [1.54, 1.807) is 0 Å². The van der Waals surface area contributed by atoms with Gasteiger partial charge in [0.15, 0.2) is 0 Å². The first-order valence-electron chi connectivity index (χ1n) is 6.53. The average Bonchev–Trinajstić information content (AvgIpc) is 2.66. The number of carbonyl (C=O) groups is 3. The van der Waals surface area contributed by atoms with E-state index >= 15 is 0 Å². The molecule has 2 rings (SSSR count). The van der Waals surface area contributed by atoms with Crippen molar-refractivity contribution in [1.29, 1.82) is 0 Å². The van der Waals surface area contributed by atoms with Gasteiger partial charge >= 0.3 is 5.97 Å². The first kappa shape index (κ1) is 15.9. The normalized spacial score (nSPS) is 25.6. The molecule has 2 fully saturated rings. The smallest absolute Gasteiger partial charge is 0.306 e. The Morgan fingerprint density at radius 2 is 1.86 bits per heavy atom. The summed E-state index contributed by atoms with van der Waals surface area (Å²) >= 11 is 0. The van der Waals surface area contributed by atoms with Gasteiger partial charge < -0.3 is 5.11 Å². The third-order valence-electron chi connectivity index (χ3n) is 3.82. The quantitative estimate of drug-likeness (QED) is 0.600. The molecule has 9 nitrogen and oxygen atoms in total. The molecule has 118 valence electrons. The number of nitrogens with zero attached hydrogens (tertiary/aromatic N) is 2. The molecular weight excluding hydrogens is 302 g/mol. The number of rotatable bonds is 4. The molecule has 0 aliphatic carbocycles. The van der Waals surface area contributed by atoms with Crippen molar-refractivity contribution in [2.24, 2.45) is 5.92 Å². The molecule has 2 heterocycles. The number of nitrogens with one attached hydrogen (secondary N) is 1. The lowest BCUT2D eigenvalue weighted by molar-refractivity contribution is -0.143. The summed E-state index contributed by atoms with van der Waals surface area (Å²) in [6.07, 6.45) is 0.265. The van der Waals surface area contributed by atoms with Crippen molar-refractivity contribution in [2.45, 2.75) is 25.3 Å². The fourth-order valence-electron chi connectivity index (χ4n) is 2.45. The molecule has 21 heavy (non-hydrogen) atoms. The molecule has 0 aromatic rings. The van der Waals surface area contributed by atoms with Crippen molar-refractivity contribution >= 4 is 28.0 Å². The number of hydrogen-bond donors (Lipinski definition) is 2. The van der Waals surface area contributed by atoms with Gasteiger partial charge in [-0.2, -0.15) is 17.4 Å². The van der Waals surface area contributed by atoms with Crippen molar-refractivity contribution in [3.05, 3.63) is 0 Å². The summed E-state index contributed by atoms with van der Waals surface area (Å²) in [6, 6.07) is -1.08. The molecule has 0 aromatic carbocycles. The van der Waals surface area contributed by atoms with E-state index in [1.165, 1.54) is 7.05 Å². The number of carbonyl (C=O) groups excluding carboxylic acids is 2. The molecule has 2 saturated heterocycles. The van der Waals surface area contributed by atoms with Crippen molar-refractivity contribution < 1.29 is 27.9 Å². The molecular formula is C11H17N3O6S. The minimum absolute atomic E-state index is 0.0804. The molecule has 0 radical (unpaired) electrons. The second kappa shape index (κ2) is 5.70.